The number of imidazole rings is 1. The molecule has 5 nitrogen and oxygen atoms in total. The largest absolute Gasteiger partial charge is 0.331 e. The second-order valence-electron chi connectivity index (χ2n) is 3.59. The van der Waals surface area contributed by atoms with Crippen LogP contribution in [-0.2, 0) is 6.42 Å². The Morgan fingerprint density at radius 2 is 2.24 bits per heavy atom. The number of hydrogen-bond acceptors (Lipinski definition) is 3. The number of aromatic amines is 1. The number of nitrogens with one attached hydrogen (secondary N) is 2. The topological polar surface area (TPSA) is 83.8 Å². The van der Waals surface area contributed by atoms with Crippen LogP contribution < -0.4 is 11.1 Å². The summed E-state index contributed by atoms with van der Waals surface area (Å²) in [5.41, 5.74) is 7.09. The van der Waals surface area contributed by atoms with Gasteiger partial charge in [0.1, 0.15) is 0 Å². The summed E-state index contributed by atoms with van der Waals surface area (Å²) in [5, 5.41) is 2.69. The van der Waals surface area contributed by atoms with Crippen LogP contribution in [0.2, 0.25) is 0 Å². The maximum atomic E-state index is 12.0. The van der Waals surface area contributed by atoms with Crippen LogP contribution in [0.4, 0.5) is 5.95 Å². The van der Waals surface area contributed by atoms with E-state index in [1.165, 1.54) is 0 Å². The number of benzene rings is 1. The van der Waals surface area contributed by atoms with Crippen molar-refractivity contribution in [1.29, 1.82) is 0 Å². The van der Waals surface area contributed by atoms with Gasteiger partial charge in [-0.1, -0.05) is 18.2 Å². The van der Waals surface area contributed by atoms with Crippen molar-refractivity contribution in [1.82, 2.24) is 9.97 Å². The molecule has 4 N–H and O–H groups in total. The molecule has 2 rings (SSSR count). The van der Waals surface area contributed by atoms with Crippen LogP contribution in [0.25, 0.3) is 0 Å². The number of amides is 1. The lowest BCUT2D eigenvalue weighted by Gasteiger charge is -2.07. The Bertz CT molecular complexity index is 493. The smallest absolute Gasteiger partial charge is 0.258 e. The van der Waals surface area contributed by atoms with Crippen LogP contribution in [0.1, 0.15) is 15.9 Å². The molecule has 88 valence electrons. The minimum Gasteiger partial charge on any atom is -0.331 e. The number of carbonyl (C=O) groups excluding carboxylic acids is 1. The van der Waals surface area contributed by atoms with E-state index in [9.17, 15) is 4.79 Å². The first-order valence-electron chi connectivity index (χ1n) is 5.40. The third-order valence-electron chi connectivity index (χ3n) is 2.41. The van der Waals surface area contributed by atoms with E-state index in [2.05, 4.69) is 15.3 Å². The zero-order chi connectivity index (χ0) is 12.1. The molecule has 5 heteroatoms. The molecule has 0 atom stereocenters. The molecule has 0 bridgehead atoms. The van der Waals surface area contributed by atoms with Gasteiger partial charge in [0, 0.05) is 18.0 Å². The first-order chi connectivity index (χ1) is 8.31. The molecule has 0 fully saturated rings. The van der Waals surface area contributed by atoms with Crippen molar-refractivity contribution < 1.29 is 4.79 Å². The predicted molar refractivity (Wildman–Crippen MR) is 65.7 cm³/mol. The molecule has 0 aliphatic carbocycles. The highest BCUT2D eigenvalue weighted by atomic mass is 16.1. The first-order valence-corrected chi connectivity index (χ1v) is 5.40. The number of nitrogens with two attached hydrogens (primary N) is 1. The minimum atomic E-state index is -0.177. The van der Waals surface area contributed by atoms with Crippen LogP contribution in [0, 0.1) is 0 Å². The molecule has 0 saturated heterocycles. The van der Waals surface area contributed by atoms with Gasteiger partial charge in [0.25, 0.3) is 5.91 Å². The fourth-order valence-corrected chi connectivity index (χ4v) is 1.62. The number of hydrogen-bond donors (Lipinski definition) is 3. The predicted octanol–water partition coefficient (Wildman–Crippen LogP) is 1.16. The third kappa shape index (κ3) is 2.70. The Morgan fingerprint density at radius 3 is 2.94 bits per heavy atom. The summed E-state index contributed by atoms with van der Waals surface area (Å²) >= 11 is 0. The van der Waals surface area contributed by atoms with Crippen molar-refractivity contribution in [2.45, 2.75) is 6.42 Å². The molecule has 0 saturated carbocycles. The van der Waals surface area contributed by atoms with Crippen molar-refractivity contribution in [3.05, 3.63) is 47.8 Å². The highest BCUT2D eigenvalue weighted by Gasteiger charge is 2.11. The molecule has 1 amide bonds. The van der Waals surface area contributed by atoms with E-state index in [1.807, 2.05) is 18.2 Å². The van der Waals surface area contributed by atoms with Crippen LogP contribution in [0.15, 0.2) is 36.7 Å². The Labute approximate surface area is 99.1 Å². The van der Waals surface area contributed by atoms with E-state index in [4.69, 9.17) is 5.73 Å². The minimum absolute atomic E-state index is 0.177. The monoisotopic (exact) mass is 230 g/mol. The van der Waals surface area contributed by atoms with Crippen LogP contribution in [0.5, 0.6) is 0 Å². The molecule has 1 aromatic heterocycles. The second-order valence-corrected chi connectivity index (χ2v) is 3.59. The fraction of sp³-hybridized carbons (Fsp3) is 0.167. The SMILES string of the molecule is NCCc1ccccc1C(=O)Nc1ncc[nH]1. The van der Waals surface area contributed by atoms with Gasteiger partial charge in [-0.05, 0) is 24.6 Å². The molecule has 17 heavy (non-hydrogen) atoms. The summed E-state index contributed by atoms with van der Waals surface area (Å²) in [7, 11) is 0. The van der Waals surface area contributed by atoms with Crippen molar-refractivity contribution >= 4 is 11.9 Å². The second kappa shape index (κ2) is 5.27. The lowest BCUT2D eigenvalue weighted by atomic mass is 10.0. The number of nitrogens with zero attached hydrogens (tertiary/aromatic N) is 1. The van der Waals surface area contributed by atoms with Gasteiger partial charge in [-0.3, -0.25) is 10.1 Å². The molecule has 0 spiro atoms. The van der Waals surface area contributed by atoms with Gasteiger partial charge in [-0.15, -0.1) is 0 Å². The zero-order valence-electron chi connectivity index (χ0n) is 9.31. The fourth-order valence-electron chi connectivity index (χ4n) is 1.62. The van der Waals surface area contributed by atoms with Gasteiger partial charge in [-0.2, -0.15) is 0 Å². The van der Waals surface area contributed by atoms with Crippen LogP contribution in [-0.4, -0.2) is 22.4 Å². The first kappa shape index (κ1) is 11.3. The summed E-state index contributed by atoms with van der Waals surface area (Å²) in [6, 6.07) is 7.42. The van der Waals surface area contributed by atoms with Crippen molar-refractivity contribution in [3.63, 3.8) is 0 Å². The molecule has 0 unspecified atom stereocenters. The van der Waals surface area contributed by atoms with Gasteiger partial charge in [0.05, 0.1) is 0 Å². The van der Waals surface area contributed by atoms with Crippen molar-refractivity contribution in [3.8, 4) is 0 Å². The maximum absolute atomic E-state index is 12.0. The van der Waals surface area contributed by atoms with Gasteiger partial charge in [-0.25, -0.2) is 4.98 Å². The summed E-state index contributed by atoms with van der Waals surface area (Å²) in [4.78, 5) is 18.8. The van der Waals surface area contributed by atoms with E-state index >= 15 is 0 Å². The van der Waals surface area contributed by atoms with E-state index in [-0.39, 0.29) is 5.91 Å². The van der Waals surface area contributed by atoms with Gasteiger partial charge < -0.3 is 10.7 Å². The van der Waals surface area contributed by atoms with E-state index in [0.717, 1.165) is 5.56 Å². The molecular formula is C12H14N4O. The summed E-state index contributed by atoms with van der Waals surface area (Å²) in [5.74, 6) is 0.265. The highest BCUT2D eigenvalue weighted by molar-refractivity contribution is 6.04. The van der Waals surface area contributed by atoms with E-state index in [1.54, 1.807) is 18.5 Å². The third-order valence-corrected chi connectivity index (χ3v) is 2.41. The van der Waals surface area contributed by atoms with Gasteiger partial charge in [0.2, 0.25) is 5.95 Å². The van der Waals surface area contributed by atoms with Gasteiger partial charge in [0.15, 0.2) is 0 Å². The average Bonchev–Trinajstić information content (AvgIpc) is 2.83. The molecule has 1 heterocycles. The molecule has 0 aliphatic heterocycles. The Kier molecular flexibility index (Phi) is 3.52. The molecule has 1 aromatic carbocycles. The summed E-state index contributed by atoms with van der Waals surface area (Å²) in [6.45, 7) is 0.519. The standard InChI is InChI=1S/C12H14N4O/c13-6-5-9-3-1-2-4-10(9)11(17)16-12-14-7-8-15-12/h1-4,7-8H,5-6,13H2,(H2,14,15,16,17). The number of anilines is 1. The normalized spacial score (nSPS) is 10.2. The van der Waals surface area contributed by atoms with Crippen LogP contribution in [0.3, 0.4) is 0 Å². The lowest BCUT2D eigenvalue weighted by molar-refractivity contribution is 0.102. The Morgan fingerprint density at radius 1 is 1.41 bits per heavy atom. The van der Waals surface area contributed by atoms with Crippen molar-refractivity contribution in [2.24, 2.45) is 5.73 Å². The maximum Gasteiger partial charge on any atom is 0.258 e. The lowest BCUT2D eigenvalue weighted by Crippen LogP contribution is -2.16. The van der Waals surface area contributed by atoms with Crippen molar-refractivity contribution in [2.75, 3.05) is 11.9 Å². The number of carbonyl (C=O) groups is 1. The summed E-state index contributed by atoms with van der Waals surface area (Å²) < 4.78 is 0. The van der Waals surface area contributed by atoms with Gasteiger partial charge >= 0.3 is 0 Å². The van der Waals surface area contributed by atoms with Crippen LogP contribution >= 0.6 is 0 Å². The molecular weight excluding hydrogens is 216 g/mol. The quantitative estimate of drug-likeness (QED) is 0.737. The number of rotatable bonds is 4. The zero-order valence-corrected chi connectivity index (χ0v) is 9.31. The Hall–Kier alpha value is -2.14. The summed E-state index contributed by atoms with van der Waals surface area (Å²) in [6.07, 6.45) is 3.92. The molecule has 2 aromatic rings. The molecule has 0 aliphatic rings. The molecule has 0 radical (unpaired) electrons. The average molecular weight is 230 g/mol. The van der Waals surface area contributed by atoms with E-state index < -0.39 is 0 Å². The number of H-pyrrole nitrogens is 1. The Balaban J connectivity index is 2.18. The highest BCUT2D eigenvalue weighted by Crippen LogP contribution is 2.11. The van der Waals surface area contributed by atoms with E-state index in [0.29, 0.717) is 24.5 Å². The number of aromatic nitrogens is 2.